The smallest absolute Gasteiger partial charge is 0.316 e. The van der Waals surface area contributed by atoms with Crippen LogP contribution in [0, 0.1) is 0 Å². The van der Waals surface area contributed by atoms with Gasteiger partial charge < -0.3 is 30.8 Å². The molecule has 5 N–H and O–H groups in total. The molecule has 2 aromatic carbocycles. The number of rotatable bonds is 5. The van der Waals surface area contributed by atoms with Gasteiger partial charge in [-0.15, -0.1) is 0 Å². The summed E-state index contributed by atoms with van der Waals surface area (Å²) in [6.45, 7) is 0. The molecular formula is C22H20N4O4. The number of amides is 3. The molecule has 0 unspecified atom stereocenters. The molecule has 3 aromatic rings. The van der Waals surface area contributed by atoms with E-state index in [4.69, 9.17) is 15.2 Å². The number of aromatic nitrogens is 1. The molecule has 1 aliphatic rings. The molecule has 0 radical (unpaired) electrons. The summed E-state index contributed by atoms with van der Waals surface area (Å²) in [7, 11) is 3.18. The summed E-state index contributed by atoms with van der Waals surface area (Å²) >= 11 is 0. The number of benzene rings is 2. The Morgan fingerprint density at radius 2 is 1.83 bits per heavy atom. The van der Waals surface area contributed by atoms with E-state index in [1.807, 2.05) is 30.5 Å². The normalized spacial score (nSPS) is 13.7. The number of urea groups is 1. The van der Waals surface area contributed by atoms with Crippen molar-refractivity contribution in [2.75, 3.05) is 24.9 Å². The van der Waals surface area contributed by atoms with Gasteiger partial charge in [0, 0.05) is 28.8 Å². The molecule has 1 aromatic heterocycles. The Balaban J connectivity index is 1.67. The third-order valence-corrected chi connectivity index (χ3v) is 4.79. The maximum absolute atomic E-state index is 12.5. The molecule has 152 valence electrons. The van der Waals surface area contributed by atoms with Crippen molar-refractivity contribution >= 4 is 35.0 Å². The van der Waals surface area contributed by atoms with Crippen molar-refractivity contribution in [2.24, 2.45) is 5.73 Å². The standard InChI is InChI=1S/C22H20N4O4/c1-29-19-6-3-12(8-20(19)30-2)13-7-15(24-11-13)10-17-16-9-14(25-22(23)28)4-5-18(16)26-21(17)27/h3-11,24H,1-2H3,(H,26,27)(H3,23,25,28)/b17-10-. The van der Waals surface area contributed by atoms with Gasteiger partial charge in [-0.3, -0.25) is 4.79 Å². The van der Waals surface area contributed by atoms with Crippen molar-refractivity contribution in [1.82, 2.24) is 4.98 Å². The van der Waals surface area contributed by atoms with E-state index >= 15 is 0 Å². The molecule has 0 atom stereocenters. The Morgan fingerprint density at radius 3 is 2.57 bits per heavy atom. The minimum absolute atomic E-state index is 0.219. The number of hydrogen-bond donors (Lipinski definition) is 4. The van der Waals surface area contributed by atoms with Crippen molar-refractivity contribution in [3.63, 3.8) is 0 Å². The first-order chi connectivity index (χ1) is 14.5. The summed E-state index contributed by atoms with van der Waals surface area (Å²) in [6, 6.07) is 12.0. The van der Waals surface area contributed by atoms with Gasteiger partial charge in [-0.05, 0) is 53.6 Å². The van der Waals surface area contributed by atoms with Crippen LogP contribution in [0.25, 0.3) is 22.8 Å². The molecule has 3 amide bonds. The Kier molecular flexibility index (Phi) is 4.89. The molecular weight excluding hydrogens is 384 g/mol. The van der Waals surface area contributed by atoms with Crippen molar-refractivity contribution in [2.45, 2.75) is 0 Å². The van der Waals surface area contributed by atoms with E-state index in [1.165, 1.54) is 0 Å². The van der Waals surface area contributed by atoms with E-state index in [-0.39, 0.29) is 5.91 Å². The Hall–Kier alpha value is -4.20. The monoisotopic (exact) mass is 404 g/mol. The van der Waals surface area contributed by atoms with Gasteiger partial charge in [-0.2, -0.15) is 0 Å². The van der Waals surface area contributed by atoms with E-state index in [1.54, 1.807) is 38.5 Å². The lowest BCUT2D eigenvalue weighted by Gasteiger charge is -2.08. The first-order valence-electron chi connectivity index (χ1n) is 9.13. The van der Waals surface area contributed by atoms with Crippen LogP contribution in [-0.4, -0.2) is 31.1 Å². The second-order valence-electron chi connectivity index (χ2n) is 6.68. The number of nitrogens with two attached hydrogens (primary N) is 1. The van der Waals surface area contributed by atoms with Crippen LogP contribution in [0.1, 0.15) is 11.3 Å². The van der Waals surface area contributed by atoms with Crippen molar-refractivity contribution < 1.29 is 19.1 Å². The molecule has 0 saturated carbocycles. The summed E-state index contributed by atoms with van der Waals surface area (Å²) in [6.07, 6.45) is 3.62. The fourth-order valence-corrected chi connectivity index (χ4v) is 3.38. The van der Waals surface area contributed by atoms with Gasteiger partial charge in [-0.25, -0.2) is 4.79 Å². The summed E-state index contributed by atoms with van der Waals surface area (Å²) in [5.74, 6) is 1.07. The van der Waals surface area contributed by atoms with E-state index in [9.17, 15) is 9.59 Å². The van der Waals surface area contributed by atoms with Crippen molar-refractivity contribution in [1.29, 1.82) is 0 Å². The van der Waals surface area contributed by atoms with Crippen molar-refractivity contribution in [3.05, 3.63) is 59.9 Å². The van der Waals surface area contributed by atoms with Crippen molar-refractivity contribution in [3.8, 4) is 22.6 Å². The Morgan fingerprint density at radius 1 is 1.03 bits per heavy atom. The summed E-state index contributed by atoms with van der Waals surface area (Å²) in [5, 5.41) is 5.34. The summed E-state index contributed by atoms with van der Waals surface area (Å²) in [4.78, 5) is 26.8. The van der Waals surface area contributed by atoms with E-state index < -0.39 is 6.03 Å². The molecule has 4 rings (SSSR count). The van der Waals surface area contributed by atoms with Crippen LogP contribution < -0.4 is 25.8 Å². The zero-order valence-electron chi connectivity index (χ0n) is 16.4. The number of H-pyrrole nitrogens is 1. The van der Waals surface area contributed by atoms with Crippen LogP contribution in [0.5, 0.6) is 11.5 Å². The summed E-state index contributed by atoms with van der Waals surface area (Å²) in [5.41, 5.74) is 10.2. The van der Waals surface area contributed by atoms with E-state index in [2.05, 4.69) is 15.6 Å². The molecule has 8 heteroatoms. The molecule has 0 fully saturated rings. The summed E-state index contributed by atoms with van der Waals surface area (Å²) < 4.78 is 10.6. The van der Waals surface area contributed by atoms with Gasteiger partial charge >= 0.3 is 6.03 Å². The number of hydrogen-bond acceptors (Lipinski definition) is 4. The third kappa shape index (κ3) is 3.58. The quantitative estimate of drug-likeness (QED) is 0.485. The number of primary amides is 1. The maximum Gasteiger partial charge on any atom is 0.316 e. The van der Waals surface area contributed by atoms with Gasteiger partial charge in [0.15, 0.2) is 11.5 Å². The molecule has 1 aliphatic heterocycles. The van der Waals surface area contributed by atoms with Crippen LogP contribution in [-0.2, 0) is 4.79 Å². The molecule has 30 heavy (non-hydrogen) atoms. The van der Waals surface area contributed by atoms with Crippen LogP contribution in [0.2, 0.25) is 0 Å². The number of methoxy groups -OCH3 is 2. The first-order valence-corrected chi connectivity index (χ1v) is 9.13. The minimum atomic E-state index is -0.665. The third-order valence-electron chi connectivity index (χ3n) is 4.79. The second-order valence-corrected chi connectivity index (χ2v) is 6.68. The predicted molar refractivity (Wildman–Crippen MR) is 115 cm³/mol. The number of ether oxygens (including phenoxy) is 2. The molecule has 0 bridgehead atoms. The fourth-order valence-electron chi connectivity index (χ4n) is 3.38. The number of anilines is 2. The second kappa shape index (κ2) is 7.67. The van der Waals surface area contributed by atoms with Gasteiger partial charge in [0.1, 0.15) is 0 Å². The topological polar surface area (TPSA) is 118 Å². The lowest BCUT2D eigenvalue weighted by Crippen LogP contribution is -2.19. The average molecular weight is 404 g/mol. The van der Waals surface area contributed by atoms with E-state index in [0.29, 0.717) is 34.0 Å². The predicted octanol–water partition coefficient (Wildman–Crippen LogP) is 3.68. The lowest BCUT2D eigenvalue weighted by atomic mass is 10.0. The minimum Gasteiger partial charge on any atom is -0.493 e. The molecule has 0 spiro atoms. The Bertz CT molecular complexity index is 1180. The zero-order valence-corrected chi connectivity index (χ0v) is 16.4. The highest BCUT2D eigenvalue weighted by Gasteiger charge is 2.24. The number of nitrogens with one attached hydrogen (secondary N) is 3. The zero-order chi connectivity index (χ0) is 21.3. The van der Waals surface area contributed by atoms with Gasteiger partial charge in [0.05, 0.1) is 19.8 Å². The largest absolute Gasteiger partial charge is 0.493 e. The first kappa shape index (κ1) is 19.1. The van der Waals surface area contributed by atoms with Crippen LogP contribution in [0.4, 0.5) is 16.2 Å². The molecule has 8 nitrogen and oxygen atoms in total. The number of fused-ring (bicyclic) bond motifs is 1. The Labute approximate surface area is 172 Å². The number of carbonyl (C=O) groups is 2. The highest BCUT2D eigenvalue weighted by molar-refractivity contribution is 6.35. The number of carbonyl (C=O) groups excluding carboxylic acids is 2. The molecule has 0 aliphatic carbocycles. The van der Waals surface area contributed by atoms with E-state index in [0.717, 1.165) is 16.8 Å². The van der Waals surface area contributed by atoms with Crippen LogP contribution >= 0.6 is 0 Å². The van der Waals surface area contributed by atoms with Crippen LogP contribution in [0.3, 0.4) is 0 Å². The molecule has 2 heterocycles. The highest BCUT2D eigenvalue weighted by Crippen LogP contribution is 2.36. The average Bonchev–Trinajstić information content (AvgIpc) is 3.32. The van der Waals surface area contributed by atoms with Gasteiger partial charge in [0.2, 0.25) is 0 Å². The van der Waals surface area contributed by atoms with Gasteiger partial charge in [-0.1, -0.05) is 6.07 Å². The molecule has 0 saturated heterocycles. The van der Waals surface area contributed by atoms with Gasteiger partial charge in [0.25, 0.3) is 5.91 Å². The number of aromatic amines is 1. The lowest BCUT2D eigenvalue weighted by molar-refractivity contribution is -0.110. The SMILES string of the molecule is COc1ccc(-c2c[nH]c(/C=C3\C(=O)Nc4ccc(NC(N)=O)cc43)c2)cc1OC. The van der Waals surface area contributed by atoms with Crippen LogP contribution in [0.15, 0.2) is 48.7 Å². The fraction of sp³-hybridized carbons (Fsp3) is 0.0909. The maximum atomic E-state index is 12.5. The highest BCUT2D eigenvalue weighted by atomic mass is 16.5.